The molecule has 0 radical (unpaired) electrons. The van der Waals surface area contributed by atoms with Gasteiger partial charge in [0, 0.05) is 9.75 Å². The molecule has 0 saturated carbocycles. The van der Waals surface area contributed by atoms with Crippen molar-refractivity contribution in [3.05, 3.63) is 21.9 Å². The number of thiophene rings is 1. The van der Waals surface area contributed by atoms with Crippen LogP contribution in [0.2, 0.25) is 0 Å². The van der Waals surface area contributed by atoms with E-state index in [1.807, 2.05) is 11.3 Å². The van der Waals surface area contributed by atoms with Crippen LogP contribution in [0.1, 0.15) is 43.5 Å². The summed E-state index contributed by atoms with van der Waals surface area (Å²) < 4.78 is 11.4. The zero-order chi connectivity index (χ0) is 13.9. The van der Waals surface area contributed by atoms with Crippen molar-refractivity contribution in [2.24, 2.45) is 0 Å². The Morgan fingerprint density at radius 1 is 1.37 bits per heavy atom. The molecule has 1 aromatic heterocycles. The highest BCUT2D eigenvalue weighted by Gasteiger charge is 2.28. The van der Waals surface area contributed by atoms with Crippen LogP contribution < -0.4 is 5.32 Å². The smallest absolute Gasteiger partial charge is 0.101 e. The molecule has 108 valence electrons. The minimum absolute atomic E-state index is 0.125. The zero-order valence-corrected chi connectivity index (χ0v) is 13.2. The molecule has 0 amide bonds. The fraction of sp³-hybridized carbons (Fsp3) is 0.733. The third-order valence-corrected chi connectivity index (χ3v) is 4.90. The van der Waals surface area contributed by atoms with Crippen LogP contribution in [0.3, 0.4) is 0 Å². The Balaban J connectivity index is 2.16. The van der Waals surface area contributed by atoms with Gasteiger partial charge in [-0.05, 0) is 24.1 Å². The minimum atomic E-state index is 0.125. The van der Waals surface area contributed by atoms with Crippen molar-refractivity contribution in [1.82, 2.24) is 5.32 Å². The quantitative estimate of drug-likeness (QED) is 0.921. The van der Waals surface area contributed by atoms with Crippen LogP contribution in [0, 0.1) is 0 Å². The topological polar surface area (TPSA) is 30.5 Å². The Kier molecular flexibility index (Phi) is 5.01. The van der Waals surface area contributed by atoms with Gasteiger partial charge < -0.3 is 14.8 Å². The molecule has 0 aromatic carbocycles. The van der Waals surface area contributed by atoms with Crippen LogP contribution in [0.5, 0.6) is 0 Å². The zero-order valence-electron chi connectivity index (χ0n) is 12.4. The van der Waals surface area contributed by atoms with Crippen LogP contribution in [0.4, 0.5) is 0 Å². The summed E-state index contributed by atoms with van der Waals surface area (Å²) in [6.45, 7) is 11.9. The molecule has 4 heteroatoms. The standard InChI is InChI=1S/C15H25NO2S/c1-5-16-14(11-10-17-8-9-18-11)12-6-7-13(19-12)15(2,3)4/h6-7,11,14,16H,5,8-10H2,1-4H3. The normalized spacial score (nSPS) is 22.4. The van der Waals surface area contributed by atoms with Gasteiger partial charge in [0.25, 0.3) is 0 Å². The van der Waals surface area contributed by atoms with Crippen molar-refractivity contribution in [3.8, 4) is 0 Å². The second kappa shape index (κ2) is 6.35. The molecule has 1 aromatic rings. The van der Waals surface area contributed by atoms with Crippen molar-refractivity contribution in [2.45, 2.75) is 45.3 Å². The number of hydrogen-bond donors (Lipinski definition) is 1. The second-order valence-electron chi connectivity index (χ2n) is 5.97. The van der Waals surface area contributed by atoms with Crippen LogP contribution >= 0.6 is 11.3 Å². The Labute approximate surface area is 120 Å². The fourth-order valence-corrected chi connectivity index (χ4v) is 3.45. The first kappa shape index (κ1) is 15.0. The maximum atomic E-state index is 5.86. The number of ether oxygens (including phenoxy) is 2. The molecule has 0 bridgehead atoms. The van der Waals surface area contributed by atoms with Gasteiger partial charge in [0.05, 0.1) is 25.9 Å². The highest BCUT2D eigenvalue weighted by atomic mass is 32.1. The molecule has 3 nitrogen and oxygen atoms in total. The SMILES string of the molecule is CCNC(c1ccc(C(C)(C)C)s1)C1COCCO1. The van der Waals surface area contributed by atoms with Gasteiger partial charge in [-0.1, -0.05) is 27.7 Å². The summed E-state index contributed by atoms with van der Waals surface area (Å²) in [4.78, 5) is 2.77. The van der Waals surface area contributed by atoms with Gasteiger partial charge in [0.2, 0.25) is 0 Å². The highest BCUT2D eigenvalue weighted by Crippen LogP contribution is 2.34. The van der Waals surface area contributed by atoms with E-state index in [0.29, 0.717) is 19.8 Å². The van der Waals surface area contributed by atoms with Gasteiger partial charge >= 0.3 is 0 Å². The minimum Gasteiger partial charge on any atom is -0.376 e. The summed E-state index contributed by atoms with van der Waals surface area (Å²) in [6.07, 6.45) is 0.125. The highest BCUT2D eigenvalue weighted by molar-refractivity contribution is 7.12. The summed E-state index contributed by atoms with van der Waals surface area (Å²) in [5.41, 5.74) is 0.212. The summed E-state index contributed by atoms with van der Waals surface area (Å²) in [5, 5.41) is 3.54. The summed E-state index contributed by atoms with van der Waals surface area (Å²) >= 11 is 1.88. The lowest BCUT2D eigenvalue weighted by atomic mass is 9.95. The Bertz CT molecular complexity index is 391. The fourth-order valence-electron chi connectivity index (χ4n) is 2.26. The Morgan fingerprint density at radius 3 is 2.68 bits per heavy atom. The third-order valence-electron chi connectivity index (χ3n) is 3.31. The summed E-state index contributed by atoms with van der Waals surface area (Å²) in [6, 6.07) is 4.72. The molecule has 19 heavy (non-hydrogen) atoms. The first-order chi connectivity index (χ1) is 9.02. The predicted octanol–water partition coefficient (Wildman–Crippen LogP) is 3.11. The Morgan fingerprint density at radius 2 is 2.16 bits per heavy atom. The Hall–Kier alpha value is -0.420. The van der Waals surface area contributed by atoms with Crippen molar-refractivity contribution < 1.29 is 9.47 Å². The van der Waals surface area contributed by atoms with E-state index in [9.17, 15) is 0 Å². The molecule has 2 heterocycles. The van der Waals surface area contributed by atoms with E-state index in [1.165, 1.54) is 9.75 Å². The van der Waals surface area contributed by atoms with Crippen molar-refractivity contribution in [2.75, 3.05) is 26.4 Å². The molecule has 2 rings (SSSR count). The van der Waals surface area contributed by atoms with E-state index in [1.54, 1.807) is 0 Å². The van der Waals surface area contributed by atoms with Gasteiger partial charge in [0.15, 0.2) is 0 Å². The van der Waals surface area contributed by atoms with Crippen molar-refractivity contribution in [1.29, 1.82) is 0 Å². The first-order valence-electron chi connectivity index (χ1n) is 7.05. The molecule has 1 aliphatic rings. The molecular formula is C15H25NO2S. The number of nitrogens with one attached hydrogen (secondary N) is 1. The maximum absolute atomic E-state index is 5.86. The van der Waals surface area contributed by atoms with Gasteiger partial charge in [-0.15, -0.1) is 11.3 Å². The molecule has 1 aliphatic heterocycles. The largest absolute Gasteiger partial charge is 0.376 e. The van der Waals surface area contributed by atoms with Crippen molar-refractivity contribution >= 4 is 11.3 Å². The van der Waals surface area contributed by atoms with E-state index >= 15 is 0 Å². The number of hydrogen-bond acceptors (Lipinski definition) is 4. The van der Waals surface area contributed by atoms with E-state index in [-0.39, 0.29) is 17.6 Å². The summed E-state index contributed by atoms with van der Waals surface area (Å²) in [5.74, 6) is 0. The average molecular weight is 283 g/mol. The van der Waals surface area contributed by atoms with Crippen LogP contribution in [0.15, 0.2) is 12.1 Å². The van der Waals surface area contributed by atoms with E-state index in [0.717, 1.165) is 6.54 Å². The molecule has 1 saturated heterocycles. The molecular weight excluding hydrogens is 258 g/mol. The van der Waals surface area contributed by atoms with Gasteiger partial charge in [-0.2, -0.15) is 0 Å². The van der Waals surface area contributed by atoms with Gasteiger partial charge in [-0.3, -0.25) is 0 Å². The molecule has 2 atom stereocenters. The van der Waals surface area contributed by atoms with Gasteiger partial charge in [-0.25, -0.2) is 0 Å². The molecule has 0 spiro atoms. The molecule has 0 aliphatic carbocycles. The maximum Gasteiger partial charge on any atom is 0.101 e. The predicted molar refractivity (Wildman–Crippen MR) is 80.0 cm³/mol. The van der Waals surface area contributed by atoms with Crippen LogP contribution in [-0.2, 0) is 14.9 Å². The molecule has 2 unspecified atom stereocenters. The van der Waals surface area contributed by atoms with E-state index in [2.05, 4.69) is 45.1 Å². The van der Waals surface area contributed by atoms with Crippen LogP contribution in [0.25, 0.3) is 0 Å². The molecule has 1 fully saturated rings. The summed E-state index contributed by atoms with van der Waals surface area (Å²) in [7, 11) is 0. The first-order valence-corrected chi connectivity index (χ1v) is 7.87. The second-order valence-corrected chi connectivity index (χ2v) is 7.09. The monoisotopic (exact) mass is 283 g/mol. The lowest BCUT2D eigenvalue weighted by molar-refractivity contribution is -0.102. The van der Waals surface area contributed by atoms with Gasteiger partial charge in [0.1, 0.15) is 6.10 Å². The number of likely N-dealkylation sites (N-methyl/N-ethyl adjacent to an activating group) is 1. The number of rotatable bonds is 4. The average Bonchev–Trinajstić information content (AvgIpc) is 2.86. The van der Waals surface area contributed by atoms with E-state index < -0.39 is 0 Å². The van der Waals surface area contributed by atoms with Crippen LogP contribution in [-0.4, -0.2) is 32.5 Å². The third kappa shape index (κ3) is 3.78. The molecule has 1 N–H and O–H groups in total. The lowest BCUT2D eigenvalue weighted by Gasteiger charge is -2.30. The van der Waals surface area contributed by atoms with E-state index in [4.69, 9.17) is 9.47 Å². The van der Waals surface area contributed by atoms with Crippen molar-refractivity contribution in [3.63, 3.8) is 0 Å². The lowest BCUT2D eigenvalue weighted by Crippen LogP contribution is -2.40.